The third-order valence-electron chi connectivity index (χ3n) is 5.03. The summed E-state index contributed by atoms with van der Waals surface area (Å²) in [4.78, 5) is 16.6. The summed E-state index contributed by atoms with van der Waals surface area (Å²) >= 11 is 1.64. The Balaban J connectivity index is 1.60. The second-order valence-electron chi connectivity index (χ2n) is 6.50. The van der Waals surface area contributed by atoms with E-state index in [9.17, 15) is 4.79 Å². The van der Waals surface area contributed by atoms with Crippen molar-refractivity contribution < 1.29 is 9.53 Å². The van der Waals surface area contributed by atoms with Crippen molar-refractivity contribution in [2.75, 3.05) is 31.1 Å². The van der Waals surface area contributed by atoms with Gasteiger partial charge in [-0.05, 0) is 26.2 Å². The molecule has 3 aliphatic heterocycles. The van der Waals surface area contributed by atoms with Crippen LogP contribution in [0.5, 0.6) is 0 Å². The fraction of sp³-hybridized carbons (Fsp3) is 0.800. The van der Waals surface area contributed by atoms with E-state index in [1.54, 1.807) is 11.3 Å². The van der Waals surface area contributed by atoms with Gasteiger partial charge in [-0.25, -0.2) is 0 Å². The highest BCUT2D eigenvalue weighted by Crippen LogP contribution is 2.35. The Morgan fingerprint density at radius 3 is 2.91 bits per heavy atom. The maximum absolute atomic E-state index is 12.2. The highest BCUT2D eigenvalue weighted by atomic mass is 32.1. The predicted octanol–water partition coefficient (Wildman–Crippen LogP) is 1.45. The maximum Gasteiger partial charge on any atom is 0.223 e. The first-order valence-corrected chi connectivity index (χ1v) is 9.00. The summed E-state index contributed by atoms with van der Waals surface area (Å²) in [5, 5.41) is 10.4. The van der Waals surface area contributed by atoms with Gasteiger partial charge < -0.3 is 14.5 Å². The van der Waals surface area contributed by atoms with Crippen molar-refractivity contribution in [3.63, 3.8) is 0 Å². The second kappa shape index (κ2) is 5.77. The zero-order valence-corrected chi connectivity index (χ0v) is 13.7. The molecule has 0 saturated carbocycles. The lowest BCUT2D eigenvalue weighted by molar-refractivity contribution is -0.137. The van der Waals surface area contributed by atoms with Crippen LogP contribution in [0.25, 0.3) is 0 Å². The number of hydrogen-bond acceptors (Lipinski definition) is 6. The Hall–Kier alpha value is -1.21. The normalized spacial score (nSPS) is 32.4. The number of carbonyl (C=O) groups excluding carboxylic acids is 1. The Labute approximate surface area is 134 Å². The van der Waals surface area contributed by atoms with Crippen molar-refractivity contribution in [1.82, 2.24) is 15.1 Å². The maximum atomic E-state index is 12.2. The zero-order valence-electron chi connectivity index (χ0n) is 12.9. The van der Waals surface area contributed by atoms with Crippen LogP contribution in [0, 0.1) is 12.8 Å². The first kappa shape index (κ1) is 14.4. The number of piperidine rings is 1. The molecule has 3 saturated heterocycles. The van der Waals surface area contributed by atoms with Gasteiger partial charge in [-0.15, -0.1) is 10.2 Å². The van der Waals surface area contributed by atoms with E-state index in [0.29, 0.717) is 12.3 Å². The largest absolute Gasteiger partial charge is 0.376 e. The molecule has 4 heterocycles. The number of anilines is 1. The third-order valence-corrected chi connectivity index (χ3v) is 5.93. The molecule has 120 valence electrons. The SMILES string of the molecule is Cc1nnc(N2C[C@@H]3CCCO[C@@H]3[C@H](N3CCCC3=O)C2)s1. The van der Waals surface area contributed by atoms with Gasteiger partial charge in [-0.3, -0.25) is 4.79 Å². The standard InChI is InChI=1S/C15H22N4O2S/c1-10-16-17-15(22-10)18-8-11-4-3-7-21-14(11)12(9-18)19-6-2-5-13(19)20/h11-12,14H,2-9H2,1H3/t11-,12+,14-/m0/s1. The summed E-state index contributed by atoms with van der Waals surface area (Å²) < 4.78 is 6.09. The lowest BCUT2D eigenvalue weighted by Gasteiger charge is -2.48. The highest BCUT2D eigenvalue weighted by Gasteiger charge is 2.44. The Morgan fingerprint density at radius 2 is 2.18 bits per heavy atom. The quantitative estimate of drug-likeness (QED) is 0.825. The molecule has 3 aliphatic rings. The van der Waals surface area contributed by atoms with Crippen LogP contribution in [0.4, 0.5) is 5.13 Å². The second-order valence-corrected chi connectivity index (χ2v) is 7.66. The van der Waals surface area contributed by atoms with Gasteiger partial charge in [-0.2, -0.15) is 0 Å². The number of nitrogens with zero attached hydrogens (tertiary/aromatic N) is 4. The molecule has 0 aliphatic carbocycles. The van der Waals surface area contributed by atoms with E-state index in [1.165, 1.54) is 6.42 Å². The molecule has 0 spiro atoms. The fourth-order valence-corrected chi connectivity index (χ4v) is 4.74. The molecule has 0 bridgehead atoms. The summed E-state index contributed by atoms with van der Waals surface area (Å²) in [7, 11) is 0. The van der Waals surface area contributed by atoms with Crippen molar-refractivity contribution in [1.29, 1.82) is 0 Å². The minimum absolute atomic E-state index is 0.165. The van der Waals surface area contributed by atoms with E-state index >= 15 is 0 Å². The molecule has 0 radical (unpaired) electrons. The van der Waals surface area contributed by atoms with E-state index in [-0.39, 0.29) is 18.1 Å². The molecule has 3 fully saturated rings. The van der Waals surface area contributed by atoms with Crippen LogP contribution < -0.4 is 4.90 Å². The van der Waals surface area contributed by atoms with Crippen molar-refractivity contribution in [3.05, 3.63) is 5.01 Å². The van der Waals surface area contributed by atoms with Gasteiger partial charge in [0.05, 0.1) is 12.1 Å². The summed E-state index contributed by atoms with van der Waals surface area (Å²) in [5.41, 5.74) is 0. The third kappa shape index (κ3) is 2.50. The molecule has 6 nitrogen and oxygen atoms in total. The van der Waals surface area contributed by atoms with Crippen LogP contribution in [0.3, 0.4) is 0 Å². The number of ether oxygens (including phenoxy) is 1. The van der Waals surface area contributed by atoms with Crippen molar-refractivity contribution >= 4 is 22.4 Å². The fourth-order valence-electron chi connectivity index (χ4n) is 4.04. The number of hydrogen-bond donors (Lipinski definition) is 0. The Kier molecular flexibility index (Phi) is 3.78. The molecule has 0 N–H and O–H groups in total. The molecule has 1 aromatic rings. The molecule has 3 atom stereocenters. The molecule has 4 rings (SSSR count). The molecule has 0 aromatic carbocycles. The van der Waals surface area contributed by atoms with Crippen molar-refractivity contribution in [3.8, 4) is 0 Å². The van der Waals surface area contributed by atoms with Gasteiger partial charge in [0.15, 0.2) is 0 Å². The number of aromatic nitrogens is 2. The summed E-state index contributed by atoms with van der Waals surface area (Å²) in [5.74, 6) is 0.776. The first-order valence-electron chi connectivity index (χ1n) is 8.18. The van der Waals surface area contributed by atoms with Crippen LogP contribution >= 0.6 is 11.3 Å². The van der Waals surface area contributed by atoms with Crippen LogP contribution in [0.1, 0.15) is 30.7 Å². The van der Waals surface area contributed by atoms with Crippen LogP contribution in [-0.4, -0.2) is 59.4 Å². The average Bonchev–Trinajstić information content (AvgIpc) is 3.15. The van der Waals surface area contributed by atoms with Crippen LogP contribution in [-0.2, 0) is 9.53 Å². The highest BCUT2D eigenvalue weighted by molar-refractivity contribution is 7.15. The van der Waals surface area contributed by atoms with Crippen molar-refractivity contribution in [2.24, 2.45) is 5.92 Å². The number of carbonyl (C=O) groups is 1. The van der Waals surface area contributed by atoms with Crippen LogP contribution in [0.2, 0.25) is 0 Å². The topological polar surface area (TPSA) is 58.6 Å². The smallest absolute Gasteiger partial charge is 0.223 e. The minimum atomic E-state index is 0.165. The van der Waals surface area contributed by atoms with Gasteiger partial charge in [0.2, 0.25) is 11.0 Å². The van der Waals surface area contributed by atoms with Gasteiger partial charge >= 0.3 is 0 Å². The van der Waals surface area contributed by atoms with Gasteiger partial charge in [0.1, 0.15) is 5.01 Å². The van der Waals surface area contributed by atoms with Gasteiger partial charge in [0, 0.05) is 38.6 Å². The number of amides is 1. The number of rotatable bonds is 2. The van der Waals surface area contributed by atoms with E-state index in [0.717, 1.165) is 49.2 Å². The van der Waals surface area contributed by atoms with Gasteiger partial charge in [-0.1, -0.05) is 11.3 Å². The molecular formula is C15H22N4O2S. The number of likely N-dealkylation sites (tertiary alicyclic amines) is 1. The monoisotopic (exact) mass is 322 g/mol. The summed E-state index contributed by atoms with van der Waals surface area (Å²) in [6.45, 7) is 5.48. The summed E-state index contributed by atoms with van der Waals surface area (Å²) in [6.07, 6.45) is 4.15. The number of aryl methyl sites for hydroxylation is 1. The van der Waals surface area contributed by atoms with Gasteiger partial charge in [0.25, 0.3) is 0 Å². The van der Waals surface area contributed by atoms with E-state index < -0.39 is 0 Å². The van der Waals surface area contributed by atoms with Crippen LogP contribution in [0.15, 0.2) is 0 Å². The minimum Gasteiger partial charge on any atom is -0.376 e. The summed E-state index contributed by atoms with van der Waals surface area (Å²) in [6, 6.07) is 0.165. The molecule has 7 heteroatoms. The Morgan fingerprint density at radius 1 is 1.27 bits per heavy atom. The number of fused-ring (bicyclic) bond motifs is 1. The Bertz CT molecular complexity index is 563. The lowest BCUT2D eigenvalue weighted by Crippen LogP contribution is -2.61. The molecule has 1 aromatic heterocycles. The average molecular weight is 322 g/mol. The molecule has 0 unspecified atom stereocenters. The molecule has 1 amide bonds. The lowest BCUT2D eigenvalue weighted by atomic mass is 9.85. The van der Waals surface area contributed by atoms with E-state index in [2.05, 4.69) is 20.0 Å². The van der Waals surface area contributed by atoms with Crippen molar-refractivity contribution in [2.45, 2.75) is 44.8 Å². The zero-order chi connectivity index (χ0) is 15.1. The predicted molar refractivity (Wildman–Crippen MR) is 84.1 cm³/mol. The first-order chi connectivity index (χ1) is 10.7. The molecule has 22 heavy (non-hydrogen) atoms. The van der Waals surface area contributed by atoms with E-state index in [1.807, 2.05) is 6.92 Å². The van der Waals surface area contributed by atoms with E-state index in [4.69, 9.17) is 4.74 Å². The molecular weight excluding hydrogens is 300 g/mol.